The topological polar surface area (TPSA) is 52.0 Å². The minimum atomic E-state index is -0.412. The molecule has 0 aromatic rings. The molecule has 0 saturated heterocycles. The van der Waals surface area contributed by atoms with E-state index < -0.39 is 5.66 Å². The van der Waals surface area contributed by atoms with Crippen molar-refractivity contribution in [1.82, 2.24) is 0 Å². The molecule has 0 radical (unpaired) electrons. The first kappa shape index (κ1) is 22.9. The molecule has 0 bridgehead atoms. The van der Waals surface area contributed by atoms with Gasteiger partial charge in [0.1, 0.15) is 0 Å². The van der Waals surface area contributed by atoms with E-state index >= 15 is 0 Å². The molecule has 2 heteroatoms. The van der Waals surface area contributed by atoms with Gasteiger partial charge in [-0.05, 0) is 12.8 Å². The molecule has 0 saturated carbocycles. The SMILES string of the molecule is CCCCCCCCCCCCC(N)(N)CCCCCCCC. The summed E-state index contributed by atoms with van der Waals surface area (Å²) < 4.78 is 0. The molecule has 0 spiro atoms. The lowest BCUT2D eigenvalue weighted by Gasteiger charge is -2.24. The fourth-order valence-corrected chi connectivity index (χ4v) is 3.30. The Morgan fingerprint density at radius 3 is 1.00 bits per heavy atom. The predicted octanol–water partition coefficient (Wildman–Crippen LogP) is 6.66. The van der Waals surface area contributed by atoms with Crippen molar-refractivity contribution in [2.45, 2.75) is 135 Å². The molecule has 0 amide bonds. The lowest BCUT2D eigenvalue weighted by molar-refractivity contribution is 0.345. The van der Waals surface area contributed by atoms with Gasteiger partial charge in [0.05, 0.1) is 5.66 Å². The lowest BCUT2D eigenvalue weighted by Crippen LogP contribution is -2.49. The van der Waals surface area contributed by atoms with Crippen LogP contribution in [0.5, 0.6) is 0 Å². The van der Waals surface area contributed by atoms with E-state index in [2.05, 4.69) is 13.8 Å². The standard InChI is InChI=1S/C21H46N2/c1-3-5-7-9-11-12-13-14-16-18-20-21(22,23)19-17-15-10-8-6-4-2/h3-20,22-23H2,1-2H3. The fraction of sp³-hybridized carbons (Fsp3) is 1.00. The molecule has 2 nitrogen and oxygen atoms in total. The summed E-state index contributed by atoms with van der Waals surface area (Å²) in [5.74, 6) is 0. The van der Waals surface area contributed by atoms with Crippen LogP contribution in [0.2, 0.25) is 0 Å². The first-order valence-electron chi connectivity index (χ1n) is 10.7. The van der Waals surface area contributed by atoms with Crippen LogP contribution in [0.15, 0.2) is 0 Å². The third-order valence-corrected chi connectivity index (χ3v) is 4.99. The molecule has 4 N–H and O–H groups in total. The maximum Gasteiger partial charge on any atom is 0.0636 e. The molecule has 140 valence electrons. The van der Waals surface area contributed by atoms with Gasteiger partial charge >= 0.3 is 0 Å². The van der Waals surface area contributed by atoms with Crippen molar-refractivity contribution in [1.29, 1.82) is 0 Å². The molecule has 0 unspecified atom stereocenters. The quantitative estimate of drug-likeness (QED) is 0.218. The van der Waals surface area contributed by atoms with Gasteiger partial charge in [-0.25, -0.2) is 0 Å². The molecule has 0 fully saturated rings. The highest BCUT2D eigenvalue weighted by atomic mass is 14.9. The van der Waals surface area contributed by atoms with Crippen molar-refractivity contribution in [3.63, 3.8) is 0 Å². The first-order valence-corrected chi connectivity index (χ1v) is 10.7. The van der Waals surface area contributed by atoms with Crippen LogP contribution < -0.4 is 11.5 Å². The zero-order chi connectivity index (χ0) is 17.2. The van der Waals surface area contributed by atoms with E-state index in [4.69, 9.17) is 11.5 Å². The van der Waals surface area contributed by atoms with Crippen molar-refractivity contribution in [3.05, 3.63) is 0 Å². The minimum absolute atomic E-state index is 0.412. The molecule has 0 aromatic carbocycles. The van der Waals surface area contributed by atoms with E-state index in [1.165, 1.54) is 103 Å². The largest absolute Gasteiger partial charge is 0.313 e. The molecular formula is C21H46N2. The molecule has 0 atom stereocenters. The maximum atomic E-state index is 6.24. The highest BCUT2D eigenvalue weighted by Crippen LogP contribution is 2.17. The first-order chi connectivity index (χ1) is 11.1. The van der Waals surface area contributed by atoms with Crippen molar-refractivity contribution in [2.75, 3.05) is 0 Å². The third-order valence-electron chi connectivity index (χ3n) is 4.99. The third kappa shape index (κ3) is 18.1. The molecule has 0 heterocycles. The van der Waals surface area contributed by atoms with E-state index in [-0.39, 0.29) is 0 Å². The number of hydrogen-bond acceptors (Lipinski definition) is 2. The van der Waals surface area contributed by atoms with Crippen molar-refractivity contribution < 1.29 is 0 Å². The Morgan fingerprint density at radius 2 is 0.696 bits per heavy atom. The van der Waals surface area contributed by atoms with Gasteiger partial charge in [0.2, 0.25) is 0 Å². The fourth-order valence-electron chi connectivity index (χ4n) is 3.30. The second-order valence-electron chi connectivity index (χ2n) is 7.68. The lowest BCUT2D eigenvalue weighted by atomic mass is 9.95. The van der Waals surface area contributed by atoms with Crippen molar-refractivity contribution in [3.8, 4) is 0 Å². The number of hydrogen-bond donors (Lipinski definition) is 2. The molecule has 0 rings (SSSR count). The molecular weight excluding hydrogens is 280 g/mol. The van der Waals surface area contributed by atoms with Gasteiger partial charge in [-0.1, -0.05) is 117 Å². The van der Waals surface area contributed by atoms with Gasteiger partial charge in [-0.15, -0.1) is 0 Å². The summed E-state index contributed by atoms with van der Waals surface area (Å²) in [6, 6.07) is 0. The summed E-state index contributed by atoms with van der Waals surface area (Å²) in [7, 11) is 0. The van der Waals surface area contributed by atoms with E-state index in [1.807, 2.05) is 0 Å². The summed E-state index contributed by atoms with van der Waals surface area (Å²) in [4.78, 5) is 0. The van der Waals surface area contributed by atoms with Crippen molar-refractivity contribution in [2.24, 2.45) is 11.5 Å². The Hall–Kier alpha value is -0.0800. The summed E-state index contributed by atoms with van der Waals surface area (Å²) in [6.45, 7) is 4.54. The number of rotatable bonds is 18. The highest BCUT2D eigenvalue weighted by Gasteiger charge is 2.17. The smallest absolute Gasteiger partial charge is 0.0636 e. The molecule has 0 aliphatic rings. The molecule has 0 aliphatic carbocycles. The van der Waals surface area contributed by atoms with Crippen LogP contribution in [-0.2, 0) is 0 Å². The van der Waals surface area contributed by atoms with Gasteiger partial charge in [0.15, 0.2) is 0 Å². The zero-order valence-corrected chi connectivity index (χ0v) is 16.4. The van der Waals surface area contributed by atoms with Crippen LogP contribution in [0.4, 0.5) is 0 Å². The Balaban J connectivity index is 3.31. The van der Waals surface area contributed by atoms with E-state index in [0.717, 1.165) is 12.8 Å². The van der Waals surface area contributed by atoms with Crippen LogP contribution in [0, 0.1) is 0 Å². The zero-order valence-electron chi connectivity index (χ0n) is 16.4. The van der Waals surface area contributed by atoms with Crippen molar-refractivity contribution >= 4 is 0 Å². The Morgan fingerprint density at radius 1 is 0.435 bits per heavy atom. The van der Waals surface area contributed by atoms with Crippen LogP contribution in [0.1, 0.15) is 129 Å². The highest BCUT2D eigenvalue weighted by molar-refractivity contribution is 4.76. The molecule has 0 aromatic heterocycles. The monoisotopic (exact) mass is 326 g/mol. The Kier molecular flexibility index (Phi) is 16.7. The van der Waals surface area contributed by atoms with E-state index in [1.54, 1.807) is 0 Å². The number of unbranched alkanes of at least 4 members (excludes halogenated alkanes) is 14. The van der Waals surface area contributed by atoms with Gasteiger partial charge in [-0.2, -0.15) is 0 Å². The van der Waals surface area contributed by atoms with Gasteiger partial charge in [0, 0.05) is 0 Å². The Labute approximate surface area is 147 Å². The average molecular weight is 327 g/mol. The second kappa shape index (κ2) is 16.8. The van der Waals surface area contributed by atoms with Crippen LogP contribution >= 0.6 is 0 Å². The van der Waals surface area contributed by atoms with Crippen LogP contribution in [0.3, 0.4) is 0 Å². The van der Waals surface area contributed by atoms with Crippen LogP contribution in [-0.4, -0.2) is 5.66 Å². The molecule has 23 heavy (non-hydrogen) atoms. The van der Waals surface area contributed by atoms with Gasteiger partial charge in [-0.3, -0.25) is 0 Å². The summed E-state index contributed by atoms with van der Waals surface area (Å²) in [5, 5.41) is 0. The van der Waals surface area contributed by atoms with Gasteiger partial charge in [0.25, 0.3) is 0 Å². The molecule has 0 aliphatic heterocycles. The average Bonchev–Trinajstić information content (AvgIpc) is 2.52. The normalized spacial score (nSPS) is 12.0. The summed E-state index contributed by atoms with van der Waals surface area (Å²) in [6.07, 6.45) is 23.6. The maximum absolute atomic E-state index is 6.24. The second-order valence-corrected chi connectivity index (χ2v) is 7.68. The van der Waals surface area contributed by atoms with E-state index in [0.29, 0.717) is 0 Å². The predicted molar refractivity (Wildman–Crippen MR) is 106 cm³/mol. The van der Waals surface area contributed by atoms with Crippen LogP contribution in [0.25, 0.3) is 0 Å². The van der Waals surface area contributed by atoms with E-state index in [9.17, 15) is 0 Å². The van der Waals surface area contributed by atoms with Gasteiger partial charge < -0.3 is 11.5 Å². The summed E-state index contributed by atoms with van der Waals surface area (Å²) in [5.41, 5.74) is 12.1. The Bertz CT molecular complexity index is 226. The summed E-state index contributed by atoms with van der Waals surface area (Å²) >= 11 is 0. The number of nitrogens with two attached hydrogens (primary N) is 2. The minimum Gasteiger partial charge on any atom is -0.313 e.